The van der Waals surface area contributed by atoms with Crippen LogP contribution in [0.15, 0.2) is 20.1 Å². The van der Waals surface area contributed by atoms with Crippen molar-refractivity contribution >= 4 is 43.1 Å². The van der Waals surface area contributed by atoms with Crippen LogP contribution in [-0.4, -0.2) is 26.2 Å². The van der Waals surface area contributed by atoms with Crippen LogP contribution in [0.4, 0.5) is 0 Å². The second-order valence-electron chi connectivity index (χ2n) is 3.90. The highest BCUT2D eigenvalue weighted by Gasteiger charge is 2.57. The molecule has 1 aromatic heterocycles. The summed E-state index contributed by atoms with van der Waals surface area (Å²) in [6, 6.07) is 3.19. The van der Waals surface area contributed by atoms with Gasteiger partial charge in [0.15, 0.2) is 4.75 Å². The fourth-order valence-electron chi connectivity index (χ4n) is 1.90. The average Bonchev–Trinajstić information content (AvgIpc) is 2.63. The number of sulfone groups is 1. The van der Waals surface area contributed by atoms with Gasteiger partial charge in [0.1, 0.15) is 4.21 Å². The minimum atomic E-state index is -3.64. The smallest absolute Gasteiger partial charge is 0.327 e. The van der Waals surface area contributed by atoms with Crippen LogP contribution in [0.25, 0.3) is 0 Å². The lowest BCUT2D eigenvalue weighted by atomic mass is 9.84. The zero-order valence-corrected chi connectivity index (χ0v) is 12.3. The Morgan fingerprint density at radius 2 is 2.12 bits per heavy atom. The molecule has 7 heteroatoms. The van der Waals surface area contributed by atoms with Crippen molar-refractivity contribution in [3.8, 4) is 0 Å². The van der Waals surface area contributed by atoms with Crippen molar-refractivity contribution in [3.63, 3.8) is 0 Å². The number of thiophene rings is 1. The molecule has 1 fully saturated rings. The van der Waals surface area contributed by atoms with E-state index in [9.17, 15) is 13.2 Å². The summed E-state index contributed by atoms with van der Waals surface area (Å²) in [5.74, 6) is -0.645. The first-order chi connectivity index (χ1) is 7.94. The number of rotatable bonds is 3. The van der Waals surface area contributed by atoms with Crippen LogP contribution >= 0.6 is 27.3 Å². The predicted molar refractivity (Wildman–Crippen MR) is 67.8 cm³/mol. The molecule has 4 nitrogen and oxygen atoms in total. The van der Waals surface area contributed by atoms with Crippen molar-refractivity contribution in [2.24, 2.45) is 0 Å². The number of methoxy groups -OCH3 is 1. The summed E-state index contributed by atoms with van der Waals surface area (Å²) in [4.78, 5) is 11.7. The number of esters is 1. The van der Waals surface area contributed by atoms with Crippen molar-refractivity contribution in [1.82, 2.24) is 0 Å². The van der Waals surface area contributed by atoms with E-state index in [4.69, 9.17) is 0 Å². The van der Waals surface area contributed by atoms with Gasteiger partial charge in [-0.3, -0.25) is 4.79 Å². The Hall–Kier alpha value is -0.400. The summed E-state index contributed by atoms with van der Waals surface area (Å²) in [6.07, 6.45) is 1.43. The van der Waals surface area contributed by atoms with Crippen LogP contribution in [0.5, 0.6) is 0 Å². The average molecular weight is 339 g/mol. The third kappa shape index (κ3) is 1.84. The van der Waals surface area contributed by atoms with Crippen molar-refractivity contribution in [1.29, 1.82) is 0 Å². The van der Waals surface area contributed by atoms with Crippen LogP contribution in [-0.2, 0) is 19.4 Å². The predicted octanol–water partition coefficient (Wildman–Crippen LogP) is 2.38. The molecular weight excluding hydrogens is 328 g/mol. The first-order valence-electron chi connectivity index (χ1n) is 5.02. The number of hydrogen-bond acceptors (Lipinski definition) is 5. The quantitative estimate of drug-likeness (QED) is 0.794. The Morgan fingerprint density at radius 3 is 2.47 bits per heavy atom. The molecule has 0 bridgehead atoms. The zero-order chi connectivity index (χ0) is 12.7. The van der Waals surface area contributed by atoms with E-state index >= 15 is 0 Å². The van der Waals surface area contributed by atoms with Crippen LogP contribution in [0.3, 0.4) is 0 Å². The monoisotopic (exact) mass is 338 g/mol. The number of carbonyl (C=O) groups excluding carboxylic acids is 1. The highest BCUT2D eigenvalue weighted by molar-refractivity contribution is 9.11. The Bertz CT molecular complexity index is 542. The molecule has 1 heterocycles. The highest BCUT2D eigenvalue weighted by atomic mass is 79.9. The molecule has 0 spiro atoms. The molecule has 1 aliphatic rings. The van der Waals surface area contributed by atoms with Crippen molar-refractivity contribution in [3.05, 3.63) is 15.9 Å². The van der Waals surface area contributed by atoms with Crippen LogP contribution < -0.4 is 0 Å². The molecule has 1 aliphatic carbocycles. The van der Waals surface area contributed by atoms with Gasteiger partial charge >= 0.3 is 5.97 Å². The van der Waals surface area contributed by atoms with Gasteiger partial charge in [0.25, 0.3) is 0 Å². The molecule has 94 valence electrons. The second kappa shape index (κ2) is 4.37. The maximum absolute atomic E-state index is 12.4. The third-order valence-electron chi connectivity index (χ3n) is 3.05. The van der Waals surface area contributed by atoms with Gasteiger partial charge in [0, 0.05) is 0 Å². The minimum absolute atomic E-state index is 0.217. The molecule has 0 unspecified atom stereocenters. The van der Waals surface area contributed by atoms with E-state index in [2.05, 4.69) is 20.7 Å². The highest BCUT2D eigenvalue weighted by Crippen LogP contribution is 2.45. The van der Waals surface area contributed by atoms with Gasteiger partial charge in [-0.25, -0.2) is 8.42 Å². The fourth-order valence-corrected chi connectivity index (χ4v) is 6.29. The normalized spacial score (nSPS) is 18.5. The largest absolute Gasteiger partial charge is 0.468 e. The summed E-state index contributed by atoms with van der Waals surface area (Å²) >= 11 is 4.34. The molecule has 0 aromatic carbocycles. The minimum Gasteiger partial charge on any atom is -0.468 e. The summed E-state index contributed by atoms with van der Waals surface area (Å²) in [6.45, 7) is 0. The first-order valence-corrected chi connectivity index (χ1v) is 8.12. The molecule has 0 amide bonds. The molecule has 0 N–H and O–H groups in total. The third-order valence-corrected chi connectivity index (χ3v) is 7.64. The van der Waals surface area contributed by atoms with Gasteiger partial charge in [0.05, 0.1) is 10.9 Å². The van der Waals surface area contributed by atoms with E-state index in [1.165, 1.54) is 13.2 Å². The van der Waals surface area contributed by atoms with E-state index in [0.717, 1.165) is 21.5 Å². The molecular formula is C10H11BrO4S2. The lowest BCUT2D eigenvalue weighted by Crippen LogP contribution is -2.52. The maximum Gasteiger partial charge on any atom is 0.327 e. The molecule has 17 heavy (non-hydrogen) atoms. The van der Waals surface area contributed by atoms with Gasteiger partial charge in [0.2, 0.25) is 9.84 Å². The van der Waals surface area contributed by atoms with Gasteiger partial charge in [-0.1, -0.05) is 0 Å². The standard InChI is InChI=1S/C10H11BrO4S2/c1-15-9(12)10(5-2-6-10)17(13,14)8-4-3-7(11)16-8/h3-4H,2,5-6H2,1H3. The molecule has 0 radical (unpaired) electrons. The molecule has 0 saturated heterocycles. The summed E-state index contributed by atoms with van der Waals surface area (Å²) < 4.78 is 29.1. The van der Waals surface area contributed by atoms with E-state index in [1.807, 2.05) is 0 Å². The summed E-state index contributed by atoms with van der Waals surface area (Å²) in [5, 5.41) is 0. The Balaban J connectivity index is 2.47. The van der Waals surface area contributed by atoms with Crippen molar-refractivity contribution in [2.75, 3.05) is 7.11 Å². The van der Waals surface area contributed by atoms with E-state index in [-0.39, 0.29) is 4.21 Å². The Labute approximate surface area is 112 Å². The molecule has 0 atom stereocenters. The van der Waals surface area contributed by atoms with Crippen molar-refractivity contribution in [2.45, 2.75) is 28.2 Å². The summed E-state index contributed by atoms with van der Waals surface area (Å²) in [5.41, 5.74) is 0. The van der Waals surface area contributed by atoms with E-state index < -0.39 is 20.6 Å². The zero-order valence-electron chi connectivity index (χ0n) is 9.10. The van der Waals surface area contributed by atoms with Gasteiger partial charge in [-0.2, -0.15) is 0 Å². The lowest BCUT2D eigenvalue weighted by molar-refractivity contribution is -0.146. The van der Waals surface area contributed by atoms with E-state index in [1.54, 1.807) is 6.07 Å². The fraction of sp³-hybridized carbons (Fsp3) is 0.500. The maximum atomic E-state index is 12.4. The topological polar surface area (TPSA) is 60.4 Å². The number of ether oxygens (including phenoxy) is 1. The molecule has 1 aromatic rings. The number of hydrogen-bond donors (Lipinski definition) is 0. The van der Waals surface area contributed by atoms with Gasteiger partial charge < -0.3 is 4.74 Å². The van der Waals surface area contributed by atoms with Gasteiger partial charge in [-0.05, 0) is 47.3 Å². The molecule has 2 rings (SSSR count). The van der Waals surface area contributed by atoms with Crippen molar-refractivity contribution < 1.29 is 17.9 Å². The SMILES string of the molecule is COC(=O)C1(S(=O)(=O)c2ccc(Br)s2)CCC1. The van der Waals surface area contributed by atoms with Crippen LogP contribution in [0, 0.1) is 0 Å². The number of halogens is 1. The molecule has 0 aliphatic heterocycles. The first kappa shape index (κ1) is 13.0. The lowest BCUT2D eigenvalue weighted by Gasteiger charge is -2.37. The Morgan fingerprint density at radius 1 is 1.47 bits per heavy atom. The Kier molecular flexibility index (Phi) is 3.35. The number of carbonyl (C=O) groups is 1. The summed E-state index contributed by atoms with van der Waals surface area (Å²) in [7, 11) is -2.42. The van der Waals surface area contributed by atoms with E-state index in [0.29, 0.717) is 12.8 Å². The van der Waals surface area contributed by atoms with Gasteiger partial charge in [-0.15, -0.1) is 11.3 Å². The van der Waals surface area contributed by atoms with Crippen LogP contribution in [0.2, 0.25) is 0 Å². The second-order valence-corrected chi connectivity index (χ2v) is 8.85. The van der Waals surface area contributed by atoms with Crippen LogP contribution in [0.1, 0.15) is 19.3 Å². The molecule has 1 saturated carbocycles.